The molecule has 1 aliphatic rings. The summed E-state index contributed by atoms with van der Waals surface area (Å²) < 4.78 is 50.4. The summed E-state index contributed by atoms with van der Waals surface area (Å²) in [6, 6.07) is 14.8. The molecule has 0 aromatic heterocycles. The molecule has 9 heteroatoms. The lowest BCUT2D eigenvalue weighted by atomic mass is 9.93. The highest BCUT2D eigenvalue weighted by Gasteiger charge is 2.25. The van der Waals surface area contributed by atoms with Crippen molar-refractivity contribution in [2.24, 2.45) is 0 Å². The minimum Gasteiger partial charge on any atom is -0.490 e. The fourth-order valence-electron chi connectivity index (χ4n) is 5.14. The van der Waals surface area contributed by atoms with E-state index in [1.54, 1.807) is 12.1 Å². The Morgan fingerprint density at radius 1 is 1.05 bits per heavy atom. The van der Waals surface area contributed by atoms with Crippen LogP contribution in [0.1, 0.15) is 55.4 Å². The van der Waals surface area contributed by atoms with E-state index in [9.17, 15) is 17.6 Å². The van der Waals surface area contributed by atoms with Gasteiger partial charge in [0, 0.05) is 24.2 Å². The van der Waals surface area contributed by atoms with Gasteiger partial charge in [-0.2, -0.15) is 0 Å². The lowest BCUT2D eigenvalue weighted by molar-refractivity contribution is -0.136. The number of hydrogen-bond acceptors (Lipinski definition) is 6. The van der Waals surface area contributed by atoms with Crippen LogP contribution in [0.15, 0.2) is 48.5 Å². The Bertz CT molecular complexity index is 1480. The average Bonchev–Trinajstić information content (AvgIpc) is 2.88. The fraction of sp³-hybridized carbons (Fsp3) is 0.406. The van der Waals surface area contributed by atoms with Crippen LogP contribution in [0.25, 0.3) is 11.1 Å². The summed E-state index contributed by atoms with van der Waals surface area (Å²) in [7, 11) is -2.96. The number of halogens is 1. The van der Waals surface area contributed by atoms with E-state index in [1.807, 2.05) is 52.0 Å². The molecular weight excluding hydrogens is 545 g/mol. The predicted molar refractivity (Wildman–Crippen MR) is 159 cm³/mol. The van der Waals surface area contributed by atoms with E-state index in [-0.39, 0.29) is 36.6 Å². The van der Waals surface area contributed by atoms with Gasteiger partial charge in [-0.15, -0.1) is 0 Å². The Balaban J connectivity index is 1.55. The number of aryl methyl sites for hydroxylation is 3. The number of rotatable bonds is 11. The first kappa shape index (κ1) is 30.4. The molecule has 4 rings (SSSR count). The van der Waals surface area contributed by atoms with Gasteiger partial charge in [0.15, 0.2) is 9.84 Å². The molecule has 0 bridgehead atoms. The van der Waals surface area contributed by atoms with E-state index >= 15 is 0 Å². The third-order valence-corrected chi connectivity index (χ3v) is 8.86. The minimum atomic E-state index is -2.96. The van der Waals surface area contributed by atoms with Crippen LogP contribution in [0.5, 0.6) is 11.5 Å². The number of benzene rings is 3. The van der Waals surface area contributed by atoms with Crippen LogP contribution < -0.4 is 14.8 Å². The summed E-state index contributed by atoms with van der Waals surface area (Å²) in [5.74, 6) is 0.418. The van der Waals surface area contributed by atoms with Gasteiger partial charge in [0.1, 0.15) is 23.4 Å². The summed E-state index contributed by atoms with van der Waals surface area (Å²) in [5.41, 5.74) is 5.97. The number of carbonyl (C=O) groups is 1. The van der Waals surface area contributed by atoms with Gasteiger partial charge in [0.25, 0.3) is 0 Å². The smallest absolute Gasteiger partial charge is 0.303 e. The molecule has 220 valence electrons. The number of sulfone groups is 1. The van der Waals surface area contributed by atoms with Crippen molar-refractivity contribution in [2.45, 2.75) is 72.1 Å². The molecule has 0 aliphatic carbocycles. The topological polar surface area (TPSA) is 102 Å². The fourth-order valence-corrected chi connectivity index (χ4v) is 6.59. The molecule has 1 aliphatic heterocycles. The molecule has 0 radical (unpaired) electrons. The monoisotopic (exact) mass is 583 g/mol. The molecule has 3 aromatic carbocycles. The zero-order valence-electron chi connectivity index (χ0n) is 24.0. The van der Waals surface area contributed by atoms with Crippen molar-refractivity contribution >= 4 is 21.5 Å². The van der Waals surface area contributed by atoms with Crippen LogP contribution in [0, 0.1) is 19.7 Å². The van der Waals surface area contributed by atoms with Crippen molar-refractivity contribution in [1.29, 1.82) is 0 Å². The summed E-state index contributed by atoms with van der Waals surface area (Å²) in [5, 5.41) is 12.1. The summed E-state index contributed by atoms with van der Waals surface area (Å²) in [6.07, 6.45) is 0.887. The zero-order valence-corrected chi connectivity index (χ0v) is 24.8. The molecule has 1 saturated heterocycles. The number of nitrogens with one attached hydrogen (secondary N) is 1. The molecule has 1 fully saturated rings. The second kappa shape index (κ2) is 12.9. The van der Waals surface area contributed by atoms with Crippen LogP contribution in [0.4, 0.5) is 10.1 Å². The Kier molecular flexibility index (Phi) is 9.58. The molecule has 0 atom stereocenters. The highest BCUT2D eigenvalue weighted by Crippen LogP contribution is 2.38. The van der Waals surface area contributed by atoms with Gasteiger partial charge in [-0.1, -0.05) is 12.1 Å². The van der Waals surface area contributed by atoms with E-state index in [1.165, 1.54) is 6.07 Å². The Hall–Kier alpha value is -3.59. The lowest BCUT2D eigenvalue weighted by Crippen LogP contribution is -2.30. The third kappa shape index (κ3) is 8.22. The highest BCUT2D eigenvalue weighted by molar-refractivity contribution is 7.91. The van der Waals surface area contributed by atoms with E-state index in [4.69, 9.17) is 14.6 Å². The third-order valence-electron chi connectivity index (χ3n) is 7.14. The first-order chi connectivity index (χ1) is 19.4. The van der Waals surface area contributed by atoms with Gasteiger partial charge in [0.2, 0.25) is 0 Å². The van der Waals surface area contributed by atoms with Crippen LogP contribution in [-0.4, -0.2) is 43.2 Å². The predicted octanol–water partition coefficient (Wildman–Crippen LogP) is 6.48. The number of ether oxygens (including phenoxy) is 2. The van der Waals surface area contributed by atoms with Gasteiger partial charge in [-0.3, -0.25) is 4.79 Å². The summed E-state index contributed by atoms with van der Waals surface area (Å²) in [4.78, 5) is 10.8. The molecule has 7 nitrogen and oxygen atoms in total. The molecule has 0 unspecified atom stereocenters. The number of aliphatic carboxylic acids is 1. The SMILES string of the molecule is Cc1cc(OC2CCS(=O)(=O)CC2)cc(C)c1-c1cc(CNc2ccc(CCC(=O)O)c(F)c2)ccc1OC(C)C. The number of anilines is 1. The first-order valence-electron chi connectivity index (χ1n) is 13.9. The maximum absolute atomic E-state index is 14.5. The van der Waals surface area contributed by atoms with Crippen molar-refractivity contribution < 1.29 is 32.2 Å². The quantitative estimate of drug-likeness (QED) is 0.266. The van der Waals surface area contributed by atoms with Crippen LogP contribution in [0.2, 0.25) is 0 Å². The maximum Gasteiger partial charge on any atom is 0.303 e. The second-order valence-corrected chi connectivity index (χ2v) is 13.3. The Labute approximate surface area is 241 Å². The summed E-state index contributed by atoms with van der Waals surface area (Å²) in [6.45, 7) is 8.47. The largest absolute Gasteiger partial charge is 0.490 e. The minimum absolute atomic E-state index is 0.0221. The van der Waals surface area contributed by atoms with Crippen LogP contribution >= 0.6 is 0 Å². The standard InChI is InChI=1S/C32H38FNO6S/c1-20(2)39-30-9-5-23(19-34-25-8-6-24(29(33)18-25)7-10-31(35)36)17-28(30)32-21(3)15-27(16-22(32)4)40-26-11-13-41(37,38)14-12-26/h5-6,8-9,15-18,20,26,34H,7,10-14,19H2,1-4H3,(H,35,36). The second-order valence-electron chi connectivity index (χ2n) is 11.0. The lowest BCUT2D eigenvalue weighted by Gasteiger charge is -2.24. The number of carboxylic acids is 1. The summed E-state index contributed by atoms with van der Waals surface area (Å²) >= 11 is 0. The van der Waals surface area contributed by atoms with Crippen molar-refractivity contribution in [2.75, 3.05) is 16.8 Å². The molecule has 0 spiro atoms. The van der Waals surface area contributed by atoms with Gasteiger partial charge in [0.05, 0.1) is 17.6 Å². The van der Waals surface area contributed by atoms with E-state index in [0.29, 0.717) is 30.6 Å². The Morgan fingerprint density at radius 2 is 1.73 bits per heavy atom. The van der Waals surface area contributed by atoms with Crippen LogP contribution in [-0.2, 0) is 27.6 Å². The maximum atomic E-state index is 14.5. The molecule has 1 heterocycles. The van der Waals surface area contributed by atoms with Crippen molar-refractivity contribution in [3.8, 4) is 22.6 Å². The van der Waals surface area contributed by atoms with E-state index < -0.39 is 21.6 Å². The number of hydrogen-bond donors (Lipinski definition) is 2. The van der Waals surface area contributed by atoms with Gasteiger partial charge < -0.3 is 19.9 Å². The van der Waals surface area contributed by atoms with Crippen LogP contribution in [0.3, 0.4) is 0 Å². The number of carboxylic acid groups (broad SMARTS) is 1. The molecular formula is C32H38FNO6S. The zero-order chi connectivity index (χ0) is 29.7. The molecule has 3 aromatic rings. The highest BCUT2D eigenvalue weighted by atomic mass is 32.2. The molecule has 41 heavy (non-hydrogen) atoms. The van der Waals surface area contributed by atoms with Gasteiger partial charge in [-0.05, 0) is 111 Å². The van der Waals surface area contributed by atoms with Crippen molar-refractivity contribution in [3.05, 3.63) is 76.6 Å². The average molecular weight is 584 g/mol. The van der Waals surface area contributed by atoms with E-state index in [2.05, 4.69) is 11.4 Å². The Morgan fingerprint density at radius 3 is 2.34 bits per heavy atom. The molecule has 2 N–H and O–H groups in total. The molecule has 0 saturated carbocycles. The first-order valence-corrected chi connectivity index (χ1v) is 15.7. The molecule has 0 amide bonds. The van der Waals surface area contributed by atoms with Gasteiger partial charge >= 0.3 is 5.97 Å². The van der Waals surface area contributed by atoms with Gasteiger partial charge in [-0.25, -0.2) is 12.8 Å². The van der Waals surface area contributed by atoms with Crippen molar-refractivity contribution in [3.63, 3.8) is 0 Å². The normalized spacial score (nSPS) is 15.1. The van der Waals surface area contributed by atoms with E-state index in [0.717, 1.165) is 39.3 Å². The van der Waals surface area contributed by atoms with Crippen molar-refractivity contribution in [1.82, 2.24) is 0 Å².